The molecule has 1 saturated carbocycles. The molecule has 0 saturated heterocycles. The van der Waals surface area contributed by atoms with Gasteiger partial charge in [0.25, 0.3) is 5.91 Å². The third-order valence-electron chi connectivity index (χ3n) is 5.53. The summed E-state index contributed by atoms with van der Waals surface area (Å²) in [6, 6.07) is 4.80. The Morgan fingerprint density at radius 2 is 2.16 bits per heavy atom. The topological polar surface area (TPSA) is 81.1 Å². The number of benzene rings is 1. The Morgan fingerprint density at radius 1 is 1.35 bits per heavy atom. The van der Waals surface area contributed by atoms with Crippen LogP contribution < -0.4 is 15.4 Å². The average molecular weight is 451 g/mol. The van der Waals surface area contributed by atoms with Crippen molar-refractivity contribution in [2.45, 2.75) is 44.4 Å². The minimum Gasteiger partial charge on any atom is -0.494 e. The molecule has 2 aromatic heterocycles. The molecule has 1 amide bonds. The number of nitrogens with zero attached hydrogens (tertiary/aromatic N) is 3. The molecular formula is C20H20F3N5O2S. The number of amides is 1. The van der Waals surface area contributed by atoms with E-state index in [9.17, 15) is 18.0 Å². The molecule has 0 radical (unpaired) electrons. The first-order chi connectivity index (χ1) is 14.8. The number of hydrogen-bond donors (Lipinski definition) is 2. The minimum atomic E-state index is -4.44. The molecule has 1 fully saturated rings. The third kappa shape index (κ3) is 3.93. The summed E-state index contributed by atoms with van der Waals surface area (Å²) in [6.07, 6.45) is -2.67. The van der Waals surface area contributed by atoms with Gasteiger partial charge in [-0.25, -0.2) is 9.67 Å². The van der Waals surface area contributed by atoms with Crippen molar-refractivity contribution in [1.29, 1.82) is 0 Å². The number of hydrogen-bond acceptors (Lipinski definition) is 6. The molecule has 164 valence electrons. The molecule has 3 aromatic rings. The third-order valence-corrected chi connectivity index (χ3v) is 6.47. The first-order valence-electron chi connectivity index (χ1n) is 10.1. The number of halogens is 3. The van der Waals surface area contributed by atoms with Gasteiger partial charge in [-0.3, -0.25) is 10.1 Å². The van der Waals surface area contributed by atoms with E-state index in [-0.39, 0.29) is 29.9 Å². The van der Waals surface area contributed by atoms with Gasteiger partial charge in [-0.1, -0.05) is 11.3 Å². The smallest absolute Gasteiger partial charge is 0.410 e. The summed E-state index contributed by atoms with van der Waals surface area (Å²) in [5.74, 6) is 0.570. The quantitative estimate of drug-likeness (QED) is 0.580. The van der Waals surface area contributed by atoms with Crippen molar-refractivity contribution >= 4 is 38.4 Å². The van der Waals surface area contributed by atoms with Crippen LogP contribution in [0.25, 0.3) is 10.2 Å². The van der Waals surface area contributed by atoms with Gasteiger partial charge in [-0.2, -0.15) is 18.3 Å². The number of fused-ring (bicyclic) bond motifs is 2. The molecule has 1 aliphatic heterocycles. The molecule has 0 bridgehead atoms. The highest BCUT2D eigenvalue weighted by molar-refractivity contribution is 7.22. The van der Waals surface area contributed by atoms with Crippen molar-refractivity contribution in [3.8, 4) is 5.75 Å². The molecule has 7 nitrogen and oxygen atoms in total. The lowest BCUT2D eigenvalue weighted by molar-refractivity contribution is -0.174. The number of carbonyl (C=O) groups excluding carboxylic acids is 1. The summed E-state index contributed by atoms with van der Waals surface area (Å²) < 4.78 is 48.1. The maximum Gasteiger partial charge on any atom is 0.410 e. The molecule has 2 unspecified atom stereocenters. The van der Waals surface area contributed by atoms with Crippen molar-refractivity contribution in [2.75, 3.05) is 17.2 Å². The monoisotopic (exact) mass is 451 g/mol. The Hall–Kier alpha value is -2.82. The van der Waals surface area contributed by atoms with Crippen molar-refractivity contribution < 1.29 is 22.7 Å². The molecule has 2 aliphatic rings. The van der Waals surface area contributed by atoms with Crippen LogP contribution in [0.5, 0.6) is 5.75 Å². The largest absolute Gasteiger partial charge is 0.494 e. The average Bonchev–Trinajstić information content (AvgIpc) is 3.34. The van der Waals surface area contributed by atoms with Crippen molar-refractivity contribution in [3.05, 3.63) is 30.0 Å². The van der Waals surface area contributed by atoms with Gasteiger partial charge < -0.3 is 10.1 Å². The zero-order chi connectivity index (χ0) is 21.8. The van der Waals surface area contributed by atoms with Crippen LogP contribution in [0.2, 0.25) is 0 Å². The molecule has 31 heavy (non-hydrogen) atoms. The Labute approximate surface area is 179 Å². The second-order valence-corrected chi connectivity index (χ2v) is 8.81. The van der Waals surface area contributed by atoms with E-state index in [2.05, 4.69) is 20.7 Å². The lowest BCUT2D eigenvalue weighted by atomic mass is 10.0. The van der Waals surface area contributed by atoms with Crippen molar-refractivity contribution in [2.24, 2.45) is 5.92 Å². The maximum absolute atomic E-state index is 13.6. The SMILES string of the molecule is CCOc1ccc2nc(NC(=O)c3cc4n(n3)C(C(F)(F)F)CC(C3CC3)N4)sc2c1. The van der Waals surface area contributed by atoms with E-state index in [1.165, 1.54) is 17.4 Å². The van der Waals surface area contributed by atoms with Crippen molar-refractivity contribution in [3.63, 3.8) is 0 Å². The van der Waals surface area contributed by atoms with E-state index < -0.39 is 18.1 Å². The fourth-order valence-corrected chi connectivity index (χ4v) is 4.79. The summed E-state index contributed by atoms with van der Waals surface area (Å²) in [5, 5.41) is 10.1. The Bertz CT molecular complexity index is 1140. The summed E-state index contributed by atoms with van der Waals surface area (Å²) in [5.41, 5.74) is 0.612. The van der Waals surface area contributed by atoms with Crippen LogP contribution in [-0.2, 0) is 0 Å². The Balaban J connectivity index is 1.38. The lowest BCUT2D eigenvalue weighted by Crippen LogP contribution is -2.40. The number of thiazole rings is 1. The van der Waals surface area contributed by atoms with Crippen LogP contribution in [0.4, 0.5) is 24.1 Å². The van der Waals surface area contributed by atoms with Crippen LogP contribution in [0, 0.1) is 5.92 Å². The molecule has 2 atom stereocenters. The number of alkyl halides is 3. The minimum absolute atomic E-state index is 0.0794. The molecule has 11 heteroatoms. The number of ether oxygens (including phenoxy) is 1. The van der Waals surface area contributed by atoms with Gasteiger partial charge in [-0.05, 0) is 50.3 Å². The van der Waals surface area contributed by atoms with Crippen LogP contribution in [0.15, 0.2) is 24.3 Å². The molecular weight excluding hydrogens is 431 g/mol. The first kappa shape index (κ1) is 20.1. The predicted molar refractivity (Wildman–Crippen MR) is 111 cm³/mol. The van der Waals surface area contributed by atoms with E-state index in [0.29, 0.717) is 23.0 Å². The molecule has 3 heterocycles. The fourth-order valence-electron chi connectivity index (χ4n) is 3.90. The zero-order valence-electron chi connectivity index (χ0n) is 16.6. The lowest BCUT2D eigenvalue weighted by Gasteiger charge is -2.33. The Morgan fingerprint density at radius 3 is 2.87 bits per heavy atom. The van der Waals surface area contributed by atoms with Crippen LogP contribution in [0.1, 0.15) is 42.7 Å². The van der Waals surface area contributed by atoms with E-state index in [0.717, 1.165) is 22.2 Å². The highest BCUT2D eigenvalue weighted by Crippen LogP contribution is 2.45. The Kier molecular flexibility index (Phi) is 4.80. The fraction of sp³-hybridized carbons (Fsp3) is 0.450. The summed E-state index contributed by atoms with van der Waals surface area (Å²) in [6.45, 7) is 2.42. The summed E-state index contributed by atoms with van der Waals surface area (Å²) in [4.78, 5) is 17.1. The van der Waals surface area contributed by atoms with Gasteiger partial charge >= 0.3 is 6.18 Å². The number of rotatable bonds is 5. The predicted octanol–water partition coefficient (Wildman–Crippen LogP) is 4.84. The molecule has 1 aromatic carbocycles. The normalized spacial score (nSPS) is 20.9. The molecule has 2 N–H and O–H groups in total. The van der Waals surface area contributed by atoms with E-state index in [1.807, 2.05) is 13.0 Å². The van der Waals surface area contributed by atoms with Crippen LogP contribution in [0.3, 0.4) is 0 Å². The van der Waals surface area contributed by atoms with Gasteiger partial charge in [0, 0.05) is 12.1 Å². The summed E-state index contributed by atoms with van der Waals surface area (Å²) >= 11 is 1.26. The highest BCUT2D eigenvalue weighted by atomic mass is 32.1. The number of aromatic nitrogens is 3. The van der Waals surface area contributed by atoms with Gasteiger partial charge in [0.15, 0.2) is 16.9 Å². The van der Waals surface area contributed by atoms with Gasteiger partial charge in [0.05, 0.1) is 16.8 Å². The van der Waals surface area contributed by atoms with Crippen LogP contribution in [-0.4, -0.2) is 39.5 Å². The highest BCUT2D eigenvalue weighted by Gasteiger charge is 2.49. The molecule has 5 rings (SSSR count). The van der Waals surface area contributed by atoms with E-state index >= 15 is 0 Å². The second-order valence-electron chi connectivity index (χ2n) is 7.78. The number of nitrogens with one attached hydrogen (secondary N) is 2. The van der Waals surface area contributed by atoms with E-state index in [1.54, 1.807) is 12.1 Å². The van der Waals surface area contributed by atoms with E-state index in [4.69, 9.17) is 4.74 Å². The summed E-state index contributed by atoms with van der Waals surface area (Å²) in [7, 11) is 0. The molecule has 1 aliphatic carbocycles. The maximum atomic E-state index is 13.6. The first-order valence-corrected chi connectivity index (χ1v) is 10.9. The molecule has 0 spiro atoms. The van der Waals surface area contributed by atoms with Crippen molar-refractivity contribution in [1.82, 2.24) is 14.8 Å². The van der Waals surface area contributed by atoms with Gasteiger partial charge in [-0.15, -0.1) is 0 Å². The second kappa shape index (κ2) is 7.40. The van der Waals surface area contributed by atoms with Gasteiger partial charge in [0.2, 0.25) is 0 Å². The number of anilines is 2. The van der Waals surface area contributed by atoms with Crippen LogP contribution >= 0.6 is 11.3 Å². The zero-order valence-corrected chi connectivity index (χ0v) is 17.4. The standard InChI is InChI=1S/C20H20F3N5O2S/c1-2-30-11-5-6-12-15(7-11)31-19(25-12)26-18(29)14-9-17-24-13(10-3-4-10)8-16(20(21,22)23)28(17)27-14/h5-7,9-10,13,16,24H,2-4,8H2,1H3,(H,25,26,29). The number of carbonyl (C=O) groups is 1. The van der Waals surface area contributed by atoms with Gasteiger partial charge in [0.1, 0.15) is 11.6 Å².